The molecule has 0 spiro atoms. The number of H-pyrrole nitrogens is 1. The molecule has 1 aromatic heterocycles. The molecule has 1 fully saturated rings. The van der Waals surface area contributed by atoms with Crippen LogP contribution in [0.2, 0.25) is 0 Å². The van der Waals surface area contributed by atoms with E-state index in [1.807, 2.05) is 27.0 Å². The minimum Gasteiger partial charge on any atom is -0.444 e. The number of amides is 1. The molecule has 2 heterocycles. The summed E-state index contributed by atoms with van der Waals surface area (Å²) in [7, 11) is 0. The third-order valence-corrected chi connectivity index (χ3v) is 5.51. The minimum absolute atomic E-state index is 0.0797. The van der Waals surface area contributed by atoms with Gasteiger partial charge < -0.3 is 15.5 Å². The second-order valence-electron chi connectivity index (χ2n) is 8.99. The fourth-order valence-corrected chi connectivity index (χ4v) is 3.92. The maximum atomic E-state index is 12.6. The number of rotatable bonds is 4. The number of hydrogen-bond donors (Lipinski definition) is 2. The summed E-state index contributed by atoms with van der Waals surface area (Å²) in [6.45, 7) is 6.90. The molecule has 3 aromatic rings. The quantitative estimate of drug-likeness (QED) is 0.604. The fraction of sp³-hybridized carbons (Fsp3) is 0.360. The number of carbonyl (C=O) groups is 1. The summed E-state index contributed by atoms with van der Waals surface area (Å²) >= 11 is 0. The average Bonchev–Trinajstić information content (AvgIpc) is 3.42. The summed E-state index contributed by atoms with van der Waals surface area (Å²) in [6, 6.07) is 16.6. The van der Waals surface area contributed by atoms with Crippen LogP contribution >= 0.6 is 0 Å². The summed E-state index contributed by atoms with van der Waals surface area (Å²) in [4.78, 5) is 22.4. The highest BCUT2D eigenvalue weighted by Crippen LogP contribution is 2.33. The first kappa shape index (κ1) is 21.1. The van der Waals surface area contributed by atoms with Gasteiger partial charge in [0.25, 0.3) is 0 Å². The second kappa shape index (κ2) is 8.55. The SMILES string of the molecule is CC(C)(C)OC(=O)N1CCC[C@H]1c1ncc(-c2ccc(-c3ccc(CN)cc3)cc2)[nH]1. The molecule has 0 saturated carbocycles. The van der Waals surface area contributed by atoms with Gasteiger partial charge in [-0.15, -0.1) is 0 Å². The van der Waals surface area contributed by atoms with Crippen LogP contribution in [0.1, 0.15) is 51.0 Å². The zero-order valence-electron chi connectivity index (χ0n) is 18.4. The lowest BCUT2D eigenvalue weighted by molar-refractivity contribution is 0.0218. The first-order valence-electron chi connectivity index (χ1n) is 10.8. The number of nitrogens with two attached hydrogens (primary N) is 1. The van der Waals surface area contributed by atoms with Crippen LogP contribution in [0.4, 0.5) is 4.79 Å². The fourth-order valence-electron chi connectivity index (χ4n) is 3.92. The Morgan fingerprint density at radius 1 is 1.10 bits per heavy atom. The van der Waals surface area contributed by atoms with Gasteiger partial charge in [-0.3, -0.25) is 4.90 Å². The molecule has 1 saturated heterocycles. The van der Waals surface area contributed by atoms with Gasteiger partial charge in [-0.2, -0.15) is 0 Å². The maximum absolute atomic E-state index is 12.6. The predicted molar refractivity (Wildman–Crippen MR) is 122 cm³/mol. The van der Waals surface area contributed by atoms with Crippen molar-refractivity contribution in [1.82, 2.24) is 14.9 Å². The van der Waals surface area contributed by atoms with Crippen LogP contribution in [0.15, 0.2) is 54.7 Å². The lowest BCUT2D eigenvalue weighted by atomic mass is 10.0. The number of aromatic amines is 1. The number of carbonyl (C=O) groups excluding carboxylic acids is 1. The van der Waals surface area contributed by atoms with Gasteiger partial charge >= 0.3 is 6.09 Å². The smallest absolute Gasteiger partial charge is 0.410 e. The Bertz CT molecular complexity index is 1030. The summed E-state index contributed by atoms with van der Waals surface area (Å²) in [5.41, 5.74) is 10.6. The third kappa shape index (κ3) is 4.80. The van der Waals surface area contributed by atoms with Gasteiger partial charge in [0.2, 0.25) is 0 Å². The van der Waals surface area contributed by atoms with Crippen LogP contribution in [0.25, 0.3) is 22.4 Å². The van der Waals surface area contributed by atoms with Crippen molar-refractivity contribution in [2.75, 3.05) is 6.54 Å². The van der Waals surface area contributed by atoms with E-state index in [0.29, 0.717) is 13.1 Å². The van der Waals surface area contributed by atoms with E-state index < -0.39 is 5.60 Å². The normalized spacial score (nSPS) is 16.5. The number of imidazole rings is 1. The van der Waals surface area contributed by atoms with Crippen LogP contribution in [0, 0.1) is 0 Å². The van der Waals surface area contributed by atoms with Crippen molar-refractivity contribution in [3.8, 4) is 22.4 Å². The average molecular weight is 419 g/mol. The monoisotopic (exact) mass is 418 g/mol. The van der Waals surface area contributed by atoms with Crippen LogP contribution in [-0.4, -0.2) is 33.1 Å². The number of likely N-dealkylation sites (tertiary alicyclic amines) is 1. The van der Waals surface area contributed by atoms with Crippen molar-refractivity contribution in [3.63, 3.8) is 0 Å². The van der Waals surface area contributed by atoms with Crippen molar-refractivity contribution in [1.29, 1.82) is 0 Å². The first-order valence-corrected chi connectivity index (χ1v) is 10.8. The van der Waals surface area contributed by atoms with E-state index in [0.717, 1.165) is 46.6 Å². The molecule has 6 nitrogen and oxygen atoms in total. The Hall–Kier alpha value is -3.12. The van der Waals surface area contributed by atoms with Crippen LogP contribution in [0.3, 0.4) is 0 Å². The van der Waals surface area contributed by atoms with Gasteiger partial charge in [0.15, 0.2) is 0 Å². The zero-order chi connectivity index (χ0) is 22.0. The summed E-state index contributed by atoms with van der Waals surface area (Å²) < 4.78 is 5.57. The second-order valence-corrected chi connectivity index (χ2v) is 8.99. The van der Waals surface area contributed by atoms with Gasteiger partial charge in [0, 0.05) is 13.1 Å². The van der Waals surface area contributed by atoms with Gasteiger partial charge in [-0.05, 0) is 55.9 Å². The topological polar surface area (TPSA) is 84.2 Å². The Morgan fingerprint density at radius 2 is 1.71 bits per heavy atom. The molecule has 0 unspecified atom stereocenters. The van der Waals surface area contributed by atoms with Crippen molar-refractivity contribution >= 4 is 6.09 Å². The van der Waals surface area contributed by atoms with Crippen LogP contribution in [0.5, 0.6) is 0 Å². The number of ether oxygens (including phenoxy) is 1. The summed E-state index contributed by atoms with van der Waals surface area (Å²) in [6.07, 6.45) is 3.38. The Labute approximate surface area is 183 Å². The minimum atomic E-state index is -0.509. The summed E-state index contributed by atoms with van der Waals surface area (Å²) in [5.74, 6) is 0.805. The van der Waals surface area contributed by atoms with Crippen molar-refractivity contribution in [3.05, 3.63) is 66.1 Å². The lowest BCUT2D eigenvalue weighted by Crippen LogP contribution is -2.36. The van der Waals surface area contributed by atoms with Crippen molar-refractivity contribution in [2.45, 2.75) is 51.8 Å². The number of aromatic nitrogens is 2. The molecule has 0 radical (unpaired) electrons. The molecule has 31 heavy (non-hydrogen) atoms. The zero-order valence-corrected chi connectivity index (χ0v) is 18.4. The largest absolute Gasteiger partial charge is 0.444 e. The highest BCUT2D eigenvalue weighted by Gasteiger charge is 2.34. The first-order chi connectivity index (χ1) is 14.8. The van der Waals surface area contributed by atoms with E-state index in [9.17, 15) is 4.79 Å². The number of nitrogens with zero attached hydrogens (tertiary/aromatic N) is 2. The molecular formula is C25H30N4O2. The lowest BCUT2D eigenvalue weighted by Gasteiger charge is -2.27. The van der Waals surface area contributed by atoms with E-state index >= 15 is 0 Å². The molecule has 6 heteroatoms. The highest BCUT2D eigenvalue weighted by molar-refractivity contribution is 5.70. The summed E-state index contributed by atoms with van der Waals surface area (Å²) in [5, 5.41) is 0. The molecule has 1 amide bonds. The van der Waals surface area contributed by atoms with Gasteiger partial charge in [-0.25, -0.2) is 9.78 Å². The predicted octanol–water partition coefficient (Wildman–Crippen LogP) is 5.27. The molecule has 3 N–H and O–H groups in total. The Kier molecular flexibility index (Phi) is 5.83. The molecule has 4 rings (SSSR count). The standard InChI is InChI=1S/C25H30N4O2/c1-25(2,3)31-24(30)29-14-4-5-22(29)23-27-16-21(28-23)20-12-10-19(11-13-20)18-8-6-17(15-26)7-9-18/h6-13,16,22H,4-5,14-15,26H2,1-3H3,(H,27,28)/t22-/m0/s1. The number of hydrogen-bond acceptors (Lipinski definition) is 4. The van der Waals surface area contributed by atoms with Crippen LogP contribution < -0.4 is 5.73 Å². The Morgan fingerprint density at radius 3 is 2.32 bits per heavy atom. The van der Waals surface area contributed by atoms with E-state index in [2.05, 4.69) is 58.5 Å². The third-order valence-electron chi connectivity index (χ3n) is 5.51. The molecule has 1 aliphatic heterocycles. The van der Waals surface area contributed by atoms with Gasteiger partial charge in [0.1, 0.15) is 11.4 Å². The Balaban J connectivity index is 1.49. The van der Waals surface area contributed by atoms with Gasteiger partial charge in [-0.1, -0.05) is 48.5 Å². The molecule has 0 bridgehead atoms. The molecule has 2 aromatic carbocycles. The van der Waals surface area contributed by atoms with Crippen molar-refractivity contribution < 1.29 is 9.53 Å². The molecule has 162 valence electrons. The number of nitrogens with one attached hydrogen (secondary N) is 1. The van der Waals surface area contributed by atoms with E-state index in [-0.39, 0.29) is 12.1 Å². The van der Waals surface area contributed by atoms with Gasteiger partial charge in [0.05, 0.1) is 17.9 Å². The van der Waals surface area contributed by atoms with Crippen molar-refractivity contribution in [2.24, 2.45) is 5.73 Å². The molecule has 1 atom stereocenters. The van der Waals surface area contributed by atoms with E-state index in [4.69, 9.17) is 10.5 Å². The maximum Gasteiger partial charge on any atom is 0.410 e. The van der Waals surface area contributed by atoms with E-state index in [1.54, 1.807) is 4.90 Å². The van der Waals surface area contributed by atoms with E-state index in [1.165, 1.54) is 0 Å². The highest BCUT2D eigenvalue weighted by atomic mass is 16.6. The van der Waals surface area contributed by atoms with Crippen LogP contribution in [-0.2, 0) is 11.3 Å². The molecule has 0 aliphatic carbocycles. The molecular weight excluding hydrogens is 388 g/mol. The number of benzene rings is 2. The molecule has 1 aliphatic rings.